The standard InChI is InChI=1S/C23H22BrN5O2/c1-4-28(13-20-25-19-8-6-5-7-18(19)22(30)26-20)23(31)16-9-11-17(12-10-16)29-15(3)21(24)14(2)27-29/h5-12H,4,13H2,1-3H3,(H,25,26,30). The number of para-hydroxylation sites is 1. The zero-order valence-electron chi connectivity index (χ0n) is 17.5. The minimum atomic E-state index is -0.204. The number of nitrogens with zero attached hydrogens (tertiary/aromatic N) is 4. The number of hydrogen-bond acceptors (Lipinski definition) is 4. The highest BCUT2D eigenvalue weighted by Crippen LogP contribution is 2.23. The quantitative estimate of drug-likeness (QED) is 0.465. The number of aromatic amines is 1. The molecule has 2 aromatic heterocycles. The molecule has 0 aliphatic carbocycles. The maximum Gasteiger partial charge on any atom is 0.258 e. The third-order valence-corrected chi connectivity index (χ3v) is 6.38. The van der Waals surface area contributed by atoms with Crippen LogP contribution in [0.15, 0.2) is 57.8 Å². The Morgan fingerprint density at radius 3 is 2.48 bits per heavy atom. The molecule has 0 saturated carbocycles. The van der Waals surface area contributed by atoms with Gasteiger partial charge in [0.05, 0.1) is 39.0 Å². The lowest BCUT2D eigenvalue weighted by atomic mass is 10.1. The van der Waals surface area contributed by atoms with E-state index in [1.165, 1.54) is 0 Å². The number of benzene rings is 2. The number of carbonyl (C=O) groups is 1. The van der Waals surface area contributed by atoms with Gasteiger partial charge < -0.3 is 9.88 Å². The van der Waals surface area contributed by atoms with Crippen molar-refractivity contribution in [3.8, 4) is 5.69 Å². The fourth-order valence-corrected chi connectivity index (χ4v) is 3.77. The van der Waals surface area contributed by atoms with Gasteiger partial charge in [-0.15, -0.1) is 0 Å². The van der Waals surface area contributed by atoms with E-state index >= 15 is 0 Å². The monoisotopic (exact) mass is 479 g/mol. The second kappa shape index (κ2) is 8.47. The van der Waals surface area contributed by atoms with Crippen molar-refractivity contribution in [1.82, 2.24) is 24.6 Å². The van der Waals surface area contributed by atoms with E-state index in [-0.39, 0.29) is 18.0 Å². The Labute approximate surface area is 187 Å². The fourth-order valence-electron chi connectivity index (χ4n) is 3.52. The summed E-state index contributed by atoms with van der Waals surface area (Å²) in [5.74, 6) is 0.336. The van der Waals surface area contributed by atoms with E-state index in [9.17, 15) is 9.59 Å². The van der Waals surface area contributed by atoms with Crippen LogP contribution in [0.2, 0.25) is 0 Å². The molecule has 0 saturated heterocycles. The molecular weight excluding hydrogens is 458 g/mol. The van der Waals surface area contributed by atoms with E-state index in [1.54, 1.807) is 35.2 Å². The molecule has 2 heterocycles. The smallest absolute Gasteiger partial charge is 0.258 e. The molecule has 0 fully saturated rings. The molecule has 0 aliphatic rings. The van der Waals surface area contributed by atoms with Crippen LogP contribution in [-0.4, -0.2) is 37.1 Å². The van der Waals surface area contributed by atoms with Crippen LogP contribution in [0.4, 0.5) is 0 Å². The van der Waals surface area contributed by atoms with Crippen LogP contribution in [0, 0.1) is 13.8 Å². The highest BCUT2D eigenvalue weighted by molar-refractivity contribution is 9.10. The first-order valence-corrected chi connectivity index (χ1v) is 10.8. The maximum absolute atomic E-state index is 13.1. The number of nitrogens with one attached hydrogen (secondary N) is 1. The molecule has 7 nitrogen and oxygen atoms in total. The van der Waals surface area contributed by atoms with Gasteiger partial charge in [0.15, 0.2) is 0 Å². The predicted molar refractivity (Wildman–Crippen MR) is 124 cm³/mol. The van der Waals surface area contributed by atoms with Crippen molar-refractivity contribution in [2.24, 2.45) is 0 Å². The number of carbonyl (C=O) groups excluding carboxylic acids is 1. The van der Waals surface area contributed by atoms with Crippen LogP contribution in [0.1, 0.15) is 34.5 Å². The molecule has 0 aliphatic heterocycles. The average molecular weight is 480 g/mol. The van der Waals surface area contributed by atoms with Crippen LogP contribution in [0.5, 0.6) is 0 Å². The van der Waals surface area contributed by atoms with Crippen molar-refractivity contribution >= 4 is 32.7 Å². The number of H-pyrrole nitrogens is 1. The normalized spacial score (nSPS) is 11.1. The van der Waals surface area contributed by atoms with Crippen LogP contribution in [0.25, 0.3) is 16.6 Å². The number of rotatable bonds is 5. The predicted octanol–water partition coefficient (Wildman–Crippen LogP) is 4.15. The van der Waals surface area contributed by atoms with E-state index in [1.807, 2.05) is 43.7 Å². The SMILES string of the molecule is CCN(Cc1nc2ccccc2c(=O)[nH]1)C(=O)c1ccc(-n2nc(C)c(Br)c2C)cc1. The lowest BCUT2D eigenvalue weighted by Gasteiger charge is -2.20. The molecule has 4 aromatic rings. The molecule has 0 radical (unpaired) electrons. The van der Waals surface area contributed by atoms with Gasteiger partial charge in [0.1, 0.15) is 5.82 Å². The van der Waals surface area contributed by atoms with Crippen molar-refractivity contribution in [2.45, 2.75) is 27.3 Å². The van der Waals surface area contributed by atoms with Gasteiger partial charge in [-0.2, -0.15) is 5.10 Å². The van der Waals surface area contributed by atoms with Gasteiger partial charge in [-0.1, -0.05) is 12.1 Å². The van der Waals surface area contributed by atoms with E-state index in [0.29, 0.717) is 28.8 Å². The molecule has 0 bridgehead atoms. The Bertz CT molecular complexity index is 1320. The van der Waals surface area contributed by atoms with Gasteiger partial charge in [0.25, 0.3) is 11.5 Å². The molecule has 4 rings (SSSR count). The Morgan fingerprint density at radius 1 is 1.13 bits per heavy atom. The molecule has 158 valence electrons. The highest BCUT2D eigenvalue weighted by atomic mass is 79.9. The summed E-state index contributed by atoms with van der Waals surface area (Å²) in [7, 11) is 0. The van der Waals surface area contributed by atoms with Gasteiger partial charge in [-0.3, -0.25) is 9.59 Å². The first-order valence-electron chi connectivity index (χ1n) is 9.98. The summed E-state index contributed by atoms with van der Waals surface area (Å²) in [6, 6.07) is 14.5. The van der Waals surface area contributed by atoms with Crippen molar-refractivity contribution in [3.05, 3.63) is 86.1 Å². The number of halogens is 1. The Morgan fingerprint density at radius 2 is 1.84 bits per heavy atom. The zero-order valence-corrected chi connectivity index (χ0v) is 19.1. The maximum atomic E-state index is 13.1. The highest BCUT2D eigenvalue weighted by Gasteiger charge is 2.17. The third kappa shape index (κ3) is 4.03. The summed E-state index contributed by atoms with van der Waals surface area (Å²) >= 11 is 3.54. The van der Waals surface area contributed by atoms with Gasteiger partial charge in [-0.25, -0.2) is 9.67 Å². The van der Waals surface area contributed by atoms with E-state index < -0.39 is 0 Å². The van der Waals surface area contributed by atoms with Gasteiger partial charge in [0, 0.05) is 12.1 Å². The minimum absolute atomic E-state index is 0.126. The van der Waals surface area contributed by atoms with Gasteiger partial charge in [-0.05, 0) is 73.1 Å². The average Bonchev–Trinajstić information content (AvgIpc) is 3.04. The summed E-state index contributed by atoms with van der Waals surface area (Å²) in [4.78, 5) is 34.4. The Kier molecular flexibility index (Phi) is 5.73. The molecule has 2 aromatic carbocycles. The van der Waals surface area contributed by atoms with Crippen LogP contribution >= 0.6 is 15.9 Å². The van der Waals surface area contributed by atoms with Gasteiger partial charge >= 0.3 is 0 Å². The van der Waals surface area contributed by atoms with Crippen LogP contribution in [-0.2, 0) is 6.54 Å². The summed E-state index contributed by atoms with van der Waals surface area (Å²) in [5.41, 5.74) is 3.76. The first kappa shape index (κ1) is 21.0. The zero-order chi connectivity index (χ0) is 22.1. The molecule has 1 N–H and O–H groups in total. The third-order valence-electron chi connectivity index (χ3n) is 5.23. The topological polar surface area (TPSA) is 83.9 Å². The van der Waals surface area contributed by atoms with E-state index in [4.69, 9.17) is 0 Å². The van der Waals surface area contributed by atoms with E-state index in [2.05, 4.69) is 31.0 Å². The lowest BCUT2D eigenvalue weighted by Crippen LogP contribution is -2.32. The number of hydrogen-bond donors (Lipinski definition) is 1. The Balaban J connectivity index is 1.57. The molecular formula is C23H22BrN5O2. The molecule has 1 amide bonds. The molecule has 0 spiro atoms. The van der Waals surface area contributed by atoms with Crippen molar-refractivity contribution in [2.75, 3.05) is 6.54 Å². The number of amides is 1. The van der Waals surface area contributed by atoms with Crippen LogP contribution < -0.4 is 5.56 Å². The minimum Gasteiger partial charge on any atom is -0.331 e. The first-order chi connectivity index (χ1) is 14.9. The summed E-state index contributed by atoms with van der Waals surface area (Å²) in [5, 5.41) is 5.06. The van der Waals surface area contributed by atoms with Crippen molar-refractivity contribution in [1.29, 1.82) is 0 Å². The number of fused-ring (bicyclic) bond motifs is 1. The molecule has 8 heteroatoms. The summed E-state index contributed by atoms with van der Waals surface area (Å²) < 4.78 is 2.82. The van der Waals surface area contributed by atoms with Crippen LogP contribution in [0.3, 0.4) is 0 Å². The molecule has 31 heavy (non-hydrogen) atoms. The second-order valence-corrected chi connectivity index (χ2v) is 8.09. The van der Waals surface area contributed by atoms with E-state index in [0.717, 1.165) is 21.5 Å². The number of aryl methyl sites for hydroxylation is 1. The fraction of sp³-hybridized carbons (Fsp3) is 0.217. The lowest BCUT2D eigenvalue weighted by molar-refractivity contribution is 0.0748. The molecule has 0 atom stereocenters. The molecule has 0 unspecified atom stereocenters. The second-order valence-electron chi connectivity index (χ2n) is 7.29. The summed E-state index contributed by atoms with van der Waals surface area (Å²) in [6.07, 6.45) is 0. The van der Waals surface area contributed by atoms with Crippen molar-refractivity contribution < 1.29 is 4.79 Å². The Hall–Kier alpha value is -3.26. The largest absolute Gasteiger partial charge is 0.331 e. The summed E-state index contributed by atoms with van der Waals surface area (Å²) in [6.45, 7) is 6.54. The van der Waals surface area contributed by atoms with Gasteiger partial charge in [0.2, 0.25) is 0 Å². The van der Waals surface area contributed by atoms with Crippen molar-refractivity contribution in [3.63, 3.8) is 0 Å². The number of aromatic nitrogens is 4.